The van der Waals surface area contributed by atoms with E-state index in [1.165, 1.54) is 0 Å². The van der Waals surface area contributed by atoms with Crippen molar-refractivity contribution in [3.63, 3.8) is 0 Å². The van der Waals surface area contributed by atoms with Crippen LogP contribution in [0.25, 0.3) is 0 Å². The van der Waals surface area contributed by atoms with E-state index in [2.05, 4.69) is 5.32 Å². The minimum atomic E-state index is -1.20. The summed E-state index contributed by atoms with van der Waals surface area (Å²) in [6, 6.07) is 15.9. The molecule has 2 aromatic carbocycles. The smallest absolute Gasteiger partial charge is 0.407 e. The quantitative estimate of drug-likeness (QED) is 0.758. The molecular weight excluding hydrogens is 318 g/mol. The van der Waals surface area contributed by atoms with Crippen LogP contribution in [0, 0.1) is 0 Å². The van der Waals surface area contributed by atoms with Gasteiger partial charge >= 0.3 is 6.09 Å². The average Bonchev–Trinajstić information content (AvgIpc) is 2.58. The first kappa shape index (κ1) is 17.3. The average molecular weight is 336 g/mol. The van der Waals surface area contributed by atoms with Crippen LogP contribution in [-0.4, -0.2) is 29.0 Å². The second-order valence-corrected chi connectivity index (χ2v) is 5.38. The number of hydrogen-bond acceptors (Lipinski definition) is 4. The highest BCUT2D eigenvalue weighted by Gasteiger charge is 2.21. The lowest BCUT2D eigenvalue weighted by Crippen LogP contribution is -2.35. The van der Waals surface area contributed by atoms with E-state index in [0.717, 1.165) is 5.56 Å². The molecule has 6 heteroatoms. The van der Waals surface area contributed by atoms with Crippen LogP contribution >= 0.6 is 11.6 Å². The normalized spacial score (nSPS) is 13.2. The van der Waals surface area contributed by atoms with Gasteiger partial charge in [-0.25, -0.2) is 4.79 Å². The van der Waals surface area contributed by atoms with Crippen molar-refractivity contribution in [1.82, 2.24) is 5.32 Å². The number of carbonyl (C=O) groups excluding carboxylic acids is 1. The zero-order valence-electron chi connectivity index (χ0n) is 12.4. The maximum absolute atomic E-state index is 11.6. The van der Waals surface area contributed by atoms with Gasteiger partial charge in [0, 0.05) is 17.1 Å². The van der Waals surface area contributed by atoms with Crippen molar-refractivity contribution in [1.29, 1.82) is 0 Å². The molecule has 0 aliphatic carbocycles. The van der Waals surface area contributed by atoms with Crippen molar-refractivity contribution in [2.75, 3.05) is 6.54 Å². The number of rotatable bonds is 6. The summed E-state index contributed by atoms with van der Waals surface area (Å²) >= 11 is 5.96. The standard InChI is InChI=1S/C17H18ClNO4/c18-14-9-5-4-8-13(14)16(21)15(20)10-19-17(22)23-11-12-6-2-1-3-7-12/h1-9,15-16,20-21H,10-11H2,(H,19,22). The lowest BCUT2D eigenvalue weighted by molar-refractivity contribution is 0.0184. The van der Waals surface area contributed by atoms with E-state index < -0.39 is 18.3 Å². The number of ether oxygens (including phenoxy) is 1. The second kappa shape index (κ2) is 8.53. The van der Waals surface area contributed by atoms with Gasteiger partial charge in [-0.15, -0.1) is 0 Å². The van der Waals surface area contributed by atoms with Crippen molar-refractivity contribution in [3.8, 4) is 0 Å². The van der Waals surface area contributed by atoms with Gasteiger partial charge in [-0.1, -0.05) is 60.1 Å². The molecule has 0 bridgehead atoms. The first-order chi connectivity index (χ1) is 11.1. The third kappa shape index (κ3) is 5.25. The largest absolute Gasteiger partial charge is 0.445 e. The predicted octanol–water partition coefficient (Wildman–Crippen LogP) is 2.66. The molecule has 23 heavy (non-hydrogen) atoms. The van der Waals surface area contributed by atoms with E-state index in [9.17, 15) is 15.0 Å². The third-order valence-electron chi connectivity index (χ3n) is 3.26. The van der Waals surface area contributed by atoms with Gasteiger partial charge in [0.1, 0.15) is 18.8 Å². The van der Waals surface area contributed by atoms with Crippen LogP contribution in [0.15, 0.2) is 54.6 Å². The van der Waals surface area contributed by atoms with E-state index >= 15 is 0 Å². The molecule has 0 heterocycles. The number of carbonyl (C=O) groups is 1. The molecule has 0 saturated carbocycles. The summed E-state index contributed by atoms with van der Waals surface area (Å²) in [4.78, 5) is 11.6. The Balaban J connectivity index is 1.78. The number of amides is 1. The van der Waals surface area contributed by atoms with Crippen LogP contribution in [0.3, 0.4) is 0 Å². The highest BCUT2D eigenvalue weighted by molar-refractivity contribution is 6.31. The Bertz CT molecular complexity index is 636. The molecule has 0 saturated heterocycles. The van der Waals surface area contributed by atoms with E-state index in [4.69, 9.17) is 16.3 Å². The summed E-state index contributed by atoms with van der Waals surface area (Å²) in [7, 11) is 0. The first-order valence-electron chi connectivity index (χ1n) is 7.13. The van der Waals surface area contributed by atoms with Crippen molar-refractivity contribution in [2.45, 2.75) is 18.8 Å². The molecule has 5 nitrogen and oxygen atoms in total. The Morgan fingerprint density at radius 2 is 1.74 bits per heavy atom. The molecule has 0 fully saturated rings. The number of aliphatic hydroxyl groups excluding tert-OH is 2. The topological polar surface area (TPSA) is 78.8 Å². The highest BCUT2D eigenvalue weighted by atomic mass is 35.5. The van der Waals surface area contributed by atoms with E-state index in [0.29, 0.717) is 10.6 Å². The Labute approximate surface area is 139 Å². The highest BCUT2D eigenvalue weighted by Crippen LogP contribution is 2.24. The molecule has 0 spiro atoms. The summed E-state index contributed by atoms with van der Waals surface area (Å²) < 4.78 is 5.02. The van der Waals surface area contributed by atoms with E-state index in [-0.39, 0.29) is 13.2 Å². The van der Waals surface area contributed by atoms with Gasteiger partial charge in [-0.05, 0) is 11.6 Å². The van der Waals surface area contributed by atoms with Crippen LogP contribution < -0.4 is 5.32 Å². The fraction of sp³-hybridized carbons (Fsp3) is 0.235. The molecule has 0 radical (unpaired) electrons. The molecule has 0 aliphatic rings. The van der Waals surface area contributed by atoms with Crippen LogP contribution in [-0.2, 0) is 11.3 Å². The molecule has 2 unspecified atom stereocenters. The van der Waals surface area contributed by atoms with E-state index in [1.54, 1.807) is 24.3 Å². The molecular formula is C17H18ClNO4. The third-order valence-corrected chi connectivity index (χ3v) is 3.60. The maximum Gasteiger partial charge on any atom is 0.407 e. The van der Waals surface area contributed by atoms with Crippen molar-refractivity contribution in [2.24, 2.45) is 0 Å². The van der Waals surface area contributed by atoms with Gasteiger partial charge in [0.25, 0.3) is 0 Å². The van der Waals surface area contributed by atoms with Gasteiger partial charge in [0.2, 0.25) is 0 Å². The van der Waals surface area contributed by atoms with Crippen molar-refractivity contribution >= 4 is 17.7 Å². The Kier molecular flexibility index (Phi) is 6.40. The molecule has 3 N–H and O–H groups in total. The molecule has 2 aromatic rings. The van der Waals surface area contributed by atoms with Gasteiger partial charge in [0.05, 0.1) is 0 Å². The minimum absolute atomic E-state index is 0.135. The number of alkyl carbamates (subject to hydrolysis) is 1. The summed E-state index contributed by atoms with van der Waals surface area (Å²) in [5.41, 5.74) is 1.26. The molecule has 122 valence electrons. The number of nitrogens with one attached hydrogen (secondary N) is 1. The van der Waals surface area contributed by atoms with E-state index in [1.807, 2.05) is 30.3 Å². The summed E-state index contributed by atoms with van der Waals surface area (Å²) in [5.74, 6) is 0. The van der Waals surface area contributed by atoms with Crippen molar-refractivity contribution in [3.05, 3.63) is 70.7 Å². The fourth-order valence-corrected chi connectivity index (χ4v) is 2.24. The Hall–Kier alpha value is -2.08. The zero-order valence-corrected chi connectivity index (χ0v) is 13.1. The van der Waals surface area contributed by atoms with Crippen LogP contribution in [0.2, 0.25) is 5.02 Å². The molecule has 2 atom stereocenters. The van der Waals surface area contributed by atoms with Crippen LogP contribution in [0.5, 0.6) is 0 Å². The maximum atomic E-state index is 11.6. The summed E-state index contributed by atoms with van der Waals surface area (Å²) in [5, 5.41) is 22.8. The first-order valence-corrected chi connectivity index (χ1v) is 7.51. The predicted molar refractivity (Wildman–Crippen MR) is 87.0 cm³/mol. The molecule has 0 aromatic heterocycles. The van der Waals surface area contributed by atoms with Gasteiger partial charge in [-0.3, -0.25) is 0 Å². The van der Waals surface area contributed by atoms with Gasteiger partial charge in [-0.2, -0.15) is 0 Å². The zero-order chi connectivity index (χ0) is 16.7. The molecule has 2 rings (SSSR count). The molecule has 0 aliphatic heterocycles. The Morgan fingerprint density at radius 1 is 1.09 bits per heavy atom. The molecule has 1 amide bonds. The number of halogens is 1. The lowest BCUT2D eigenvalue weighted by Gasteiger charge is -2.19. The number of benzene rings is 2. The summed E-state index contributed by atoms with van der Waals surface area (Å²) in [6.45, 7) is -0.0180. The summed E-state index contributed by atoms with van der Waals surface area (Å²) in [6.07, 6.45) is -3.06. The monoisotopic (exact) mass is 335 g/mol. The SMILES string of the molecule is O=C(NCC(O)C(O)c1ccccc1Cl)OCc1ccccc1. The van der Waals surface area contributed by atoms with Crippen LogP contribution in [0.1, 0.15) is 17.2 Å². The lowest BCUT2D eigenvalue weighted by atomic mass is 10.0. The van der Waals surface area contributed by atoms with Gasteiger partial charge in [0.15, 0.2) is 0 Å². The minimum Gasteiger partial charge on any atom is -0.445 e. The van der Waals surface area contributed by atoms with Crippen LogP contribution in [0.4, 0.5) is 4.79 Å². The fourth-order valence-electron chi connectivity index (χ4n) is 2.00. The second-order valence-electron chi connectivity index (χ2n) is 4.98. The number of hydrogen-bond donors (Lipinski definition) is 3. The van der Waals surface area contributed by atoms with Gasteiger partial charge < -0.3 is 20.3 Å². The van der Waals surface area contributed by atoms with Crippen molar-refractivity contribution < 1.29 is 19.7 Å². The number of aliphatic hydroxyl groups is 2. The Morgan fingerprint density at radius 3 is 2.43 bits per heavy atom.